The second kappa shape index (κ2) is 8.99. The maximum atomic E-state index is 12.6. The van der Waals surface area contributed by atoms with Gasteiger partial charge >= 0.3 is 11.9 Å². The number of carbonyl (C=O) groups excluding carboxylic acids is 3. The highest BCUT2D eigenvalue weighted by molar-refractivity contribution is 7.10. The zero-order valence-electron chi connectivity index (χ0n) is 15.8. The van der Waals surface area contributed by atoms with E-state index in [-0.39, 0.29) is 29.6 Å². The van der Waals surface area contributed by atoms with Gasteiger partial charge in [0.05, 0.1) is 31.9 Å². The molecule has 0 unspecified atom stereocenters. The quantitative estimate of drug-likeness (QED) is 0.748. The van der Waals surface area contributed by atoms with Crippen LogP contribution < -0.4 is 5.32 Å². The molecule has 1 aromatic carbocycles. The summed E-state index contributed by atoms with van der Waals surface area (Å²) in [7, 11) is 2.51. The predicted molar refractivity (Wildman–Crippen MR) is 106 cm³/mol. The van der Waals surface area contributed by atoms with E-state index in [0.717, 1.165) is 19.4 Å². The summed E-state index contributed by atoms with van der Waals surface area (Å²) in [4.78, 5) is 39.8. The van der Waals surface area contributed by atoms with Crippen LogP contribution in [0.3, 0.4) is 0 Å². The first-order valence-electron chi connectivity index (χ1n) is 8.91. The summed E-state index contributed by atoms with van der Waals surface area (Å²) >= 11 is 1.69. The lowest BCUT2D eigenvalue weighted by Gasteiger charge is -2.23. The molecule has 0 spiro atoms. The van der Waals surface area contributed by atoms with Crippen LogP contribution in [0.5, 0.6) is 0 Å². The van der Waals surface area contributed by atoms with Crippen molar-refractivity contribution in [1.29, 1.82) is 0 Å². The number of thiophene rings is 1. The van der Waals surface area contributed by atoms with Crippen molar-refractivity contribution in [1.82, 2.24) is 4.90 Å². The molecule has 0 saturated carbocycles. The minimum absolute atomic E-state index is 0.165. The minimum Gasteiger partial charge on any atom is -0.465 e. The molecule has 0 bridgehead atoms. The Morgan fingerprint density at radius 3 is 2.39 bits per heavy atom. The Bertz CT molecular complexity index is 831. The van der Waals surface area contributed by atoms with E-state index < -0.39 is 11.9 Å². The summed E-state index contributed by atoms with van der Waals surface area (Å²) in [5.74, 6) is -1.40. The van der Waals surface area contributed by atoms with E-state index in [0.29, 0.717) is 5.69 Å². The molecule has 0 aliphatic carbocycles. The van der Waals surface area contributed by atoms with Gasteiger partial charge in [0, 0.05) is 16.6 Å². The van der Waals surface area contributed by atoms with Gasteiger partial charge in [-0.3, -0.25) is 9.69 Å². The fourth-order valence-corrected chi connectivity index (χ4v) is 4.27. The first-order chi connectivity index (χ1) is 13.5. The molecule has 8 heteroatoms. The fraction of sp³-hybridized carbons (Fsp3) is 0.350. The number of hydrogen-bond donors (Lipinski definition) is 1. The van der Waals surface area contributed by atoms with Gasteiger partial charge < -0.3 is 14.8 Å². The molecular weight excluding hydrogens is 380 g/mol. The average molecular weight is 402 g/mol. The van der Waals surface area contributed by atoms with E-state index in [1.54, 1.807) is 11.3 Å². The van der Waals surface area contributed by atoms with E-state index in [1.165, 1.54) is 37.3 Å². The molecule has 148 valence electrons. The number of amides is 1. The number of carbonyl (C=O) groups is 3. The van der Waals surface area contributed by atoms with Gasteiger partial charge in [-0.25, -0.2) is 9.59 Å². The second-order valence-corrected chi connectivity index (χ2v) is 7.45. The molecule has 1 aliphatic heterocycles. The number of benzene rings is 1. The fourth-order valence-electron chi connectivity index (χ4n) is 3.37. The maximum Gasteiger partial charge on any atom is 0.337 e. The lowest BCUT2D eigenvalue weighted by molar-refractivity contribution is -0.117. The third-order valence-corrected chi connectivity index (χ3v) is 5.61. The van der Waals surface area contributed by atoms with E-state index >= 15 is 0 Å². The number of likely N-dealkylation sites (tertiary alicyclic amines) is 1. The zero-order chi connectivity index (χ0) is 20.1. The molecule has 1 amide bonds. The number of ether oxygens (including phenoxy) is 2. The molecule has 2 aromatic rings. The molecule has 0 radical (unpaired) electrons. The average Bonchev–Trinajstić information content (AvgIpc) is 3.37. The van der Waals surface area contributed by atoms with Crippen molar-refractivity contribution in [3.8, 4) is 0 Å². The lowest BCUT2D eigenvalue weighted by atomic mass is 10.1. The molecule has 28 heavy (non-hydrogen) atoms. The SMILES string of the molecule is COC(=O)c1cc(NC(=O)CN2CCC[C@H]2c2cccs2)cc(C(=O)OC)c1. The predicted octanol–water partition coefficient (Wildman–Crippen LogP) is 3.10. The van der Waals surface area contributed by atoms with Crippen molar-refractivity contribution in [2.45, 2.75) is 18.9 Å². The monoisotopic (exact) mass is 402 g/mol. The first kappa shape index (κ1) is 20.0. The van der Waals surface area contributed by atoms with Crippen LogP contribution in [0.15, 0.2) is 35.7 Å². The first-order valence-corrected chi connectivity index (χ1v) is 9.79. The number of esters is 2. The van der Waals surface area contributed by atoms with Crippen LogP contribution in [0.25, 0.3) is 0 Å². The van der Waals surface area contributed by atoms with Crippen molar-refractivity contribution in [3.63, 3.8) is 0 Å². The largest absolute Gasteiger partial charge is 0.465 e. The summed E-state index contributed by atoms with van der Waals surface area (Å²) in [6.45, 7) is 1.09. The van der Waals surface area contributed by atoms with Gasteiger partial charge in [0.25, 0.3) is 0 Å². The molecule has 1 N–H and O–H groups in total. The Morgan fingerprint density at radius 2 is 1.82 bits per heavy atom. The molecule has 1 atom stereocenters. The highest BCUT2D eigenvalue weighted by atomic mass is 32.1. The van der Waals surface area contributed by atoms with Gasteiger partial charge in [-0.1, -0.05) is 6.07 Å². The van der Waals surface area contributed by atoms with Gasteiger partial charge in [-0.2, -0.15) is 0 Å². The third kappa shape index (κ3) is 4.58. The Kier molecular flexibility index (Phi) is 6.43. The van der Waals surface area contributed by atoms with Crippen molar-refractivity contribution in [2.75, 3.05) is 32.6 Å². The van der Waals surface area contributed by atoms with Crippen molar-refractivity contribution in [2.24, 2.45) is 0 Å². The van der Waals surface area contributed by atoms with Crippen LogP contribution in [0.4, 0.5) is 5.69 Å². The molecule has 3 rings (SSSR count). The number of anilines is 1. The number of nitrogens with one attached hydrogen (secondary N) is 1. The van der Waals surface area contributed by atoms with E-state index in [4.69, 9.17) is 9.47 Å². The highest BCUT2D eigenvalue weighted by Crippen LogP contribution is 2.34. The van der Waals surface area contributed by atoms with Crippen LogP contribution in [0.1, 0.15) is 44.5 Å². The zero-order valence-corrected chi connectivity index (χ0v) is 16.6. The van der Waals surface area contributed by atoms with Crippen LogP contribution in [-0.4, -0.2) is 50.1 Å². The Labute approximate surface area is 167 Å². The second-order valence-electron chi connectivity index (χ2n) is 6.47. The highest BCUT2D eigenvalue weighted by Gasteiger charge is 2.28. The molecule has 1 aromatic heterocycles. The molecule has 2 heterocycles. The van der Waals surface area contributed by atoms with Crippen LogP contribution in [0, 0.1) is 0 Å². The molecule has 1 saturated heterocycles. The van der Waals surface area contributed by atoms with Gasteiger partial charge in [0.1, 0.15) is 0 Å². The summed E-state index contributed by atoms with van der Waals surface area (Å²) in [5.41, 5.74) is 0.678. The molecule has 1 aliphatic rings. The van der Waals surface area contributed by atoms with Gasteiger partial charge in [0.2, 0.25) is 5.91 Å². The third-order valence-electron chi connectivity index (χ3n) is 4.64. The number of methoxy groups -OCH3 is 2. The summed E-state index contributed by atoms with van der Waals surface area (Å²) < 4.78 is 9.43. The van der Waals surface area contributed by atoms with Gasteiger partial charge in [0.15, 0.2) is 0 Å². The number of hydrogen-bond acceptors (Lipinski definition) is 7. The normalized spacial score (nSPS) is 16.6. The molecule has 7 nitrogen and oxygen atoms in total. The maximum absolute atomic E-state index is 12.6. The lowest BCUT2D eigenvalue weighted by Crippen LogP contribution is -2.32. The van der Waals surface area contributed by atoms with Crippen LogP contribution >= 0.6 is 11.3 Å². The van der Waals surface area contributed by atoms with E-state index in [9.17, 15) is 14.4 Å². The topological polar surface area (TPSA) is 84.9 Å². The van der Waals surface area contributed by atoms with Crippen molar-refractivity contribution >= 4 is 34.9 Å². The number of nitrogens with zero attached hydrogens (tertiary/aromatic N) is 1. The minimum atomic E-state index is -0.599. The Balaban J connectivity index is 1.74. The Hall–Kier alpha value is -2.71. The Morgan fingerprint density at radius 1 is 1.14 bits per heavy atom. The van der Waals surface area contributed by atoms with Gasteiger partial charge in [-0.05, 0) is 49.0 Å². The van der Waals surface area contributed by atoms with Gasteiger partial charge in [-0.15, -0.1) is 11.3 Å². The molecule has 1 fully saturated rings. The summed E-state index contributed by atoms with van der Waals surface area (Å²) in [6.07, 6.45) is 2.07. The van der Waals surface area contributed by atoms with Crippen molar-refractivity contribution in [3.05, 3.63) is 51.7 Å². The number of rotatable bonds is 6. The summed E-state index contributed by atoms with van der Waals surface area (Å²) in [5, 5.41) is 4.82. The smallest absolute Gasteiger partial charge is 0.337 e. The standard InChI is InChI=1S/C20H22N2O5S/c1-26-19(24)13-9-14(20(25)27-2)11-15(10-13)21-18(23)12-22-7-3-5-16(22)17-6-4-8-28-17/h4,6,8-11,16H,3,5,7,12H2,1-2H3,(H,21,23)/t16-/m0/s1. The van der Waals surface area contributed by atoms with E-state index in [2.05, 4.69) is 16.3 Å². The van der Waals surface area contributed by atoms with Crippen LogP contribution in [0.2, 0.25) is 0 Å². The van der Waals surface area contributed by atoms with E-state index in [1.807, 2.05) is 11.4 Å². The van der Waals surface area contributed by atoms with Crippen LogP contribution in [-0.2, 0) is 14.3 Å². The molecular formula is C20H22N2O5S. The summed E-state index contributed by atoms with van der Waals surface area (Å²) in [6, 6.07) is 8.70. The van der Waals surface area contributed by atoms with Crippen molar-refractivity contribution < 1.29 is 23.9 Å².